The third-order valence-electron chi connectivity index (χ3n) is 2.98. The Kier molecular flexibility index (Phi) is 6.24. The van der Waals surface area contributed by atoms with E-state index in [4.69, 9.17) is 18.9 Å². The minimum atomic E-state index is -0.953. The number of hydrogen-bond acceptors (Lipinski definition) is 6. The molecule has 1 atom stereocenters. The summed E-state index contributed by atoms with van der Waals surface area (Å²) in [6.45, 7) is 2.65. The second-order valence-electron chi connectivity index (χ2n) is 4.65. The van der Waals surface area contributed by atoms with Crippen LogP contribution in [0, 0.1) is 0 Å². The zero-order valence-corrected chi connectivity index (χ0v) is 11.8. The molecule has 110 valence electrons. The Morgan fingerprint density at radius 1 is 1.11 bits per heavy atom. The van der Waals surface area contributed by atoms with Crippen LogP contribution in [0.25, 0.3) is 0 Å². The first-order valence-corrected chi connectivity index (χ1v) is 6.51. The van der Waals surface area contributed by atoms with Crippen LogP contribution in [0.2, 0.25) is 0 Å². The van der Waals surface area contributed by atoms with E-state index in [0.29, 0.717) is 12.8 Å². The standard InChI is InChI=1S/C13H22O6/c1-10(14)17-9-12(16-3)19-13(18-11(2)15)7-5-4-6-8-13/h12H,4-9H2,1-3H3. The van der Waals surface area contributed by atoms with E-state index in [1.807, 2.05) is 0 Å². The van der Waals surface area contributed by atoms with Crippen molar-refractivity contribution >= 4 is 11.9 Å². The average Bonchev–Trinajstić information content (AvgIpc) is 2.34. The monoisotopic (exact) mass is 274 g/mol. The maximum Gasteiger partial charge on any atom is 0.305 e. The first-order valence-electron chi connectivity index (χ1n) is 6.51. The van der Waals surface area contributed by atoms with E-state index in [1.165, 1.54) is 21.0 Å². The van der Waals surface area contributed by atoms with Crippen LogP contribution in [0.1, 0.15) is 46.0 Å². The highest BCUT2D eigenvalue weighted by atomic mass is 16.8. The van der Waals surface area contributed by atoms with Crippen LogP contribution >= 0.6 is 0 Å². The van der Waals surface area contributed by atoms with Gasteiger partial charge in [-0.05, 0) is 12.8 Å². The summed E-state index contributed by atoms with van der Waals surface area (Å²) in [6, 6.07) is 0. The number of methoxy groups -OCH3 is 1. The molecule has 1 rings (SSSR count). The van der Waals surface area contributed by atoms with Crippen molar-refractivity contribution in [3.63, 3.8) is 0 Å². The summed E-state index contributed by atoms with van der Waals surface area (Å²) in [5, 5.41) is 0. The summed E-state index contributed by atoms with van der Waals surface area (Å²) in [4.78, 5) is 22.0. The predicted octanol–water partition coefficient (Wildman–Crippen LogP) is 1.76. The van der Waals surface area contributed by atoms with Crippen molar-refractivity contribution in [2.45, 2.75) is 58.0 Å². The molecule has 19 heavy (non-hydrogen) atoms. The molecule has 0 aromatic carbocycles. The van der Waals surface area contributed by atoms with Crippen LogP contribution in [0.15, 0.2) is 0 Å². The summed E-state index contributed by atoms with van der Waals surface area (Å²) in [5.74, 6) is -1.75. The first kappa shape index (κ1) is 15.9. The van der Waals surface area contributed by atoms with Crippen LogP contribution in [-0.2, 0) is 28.5 Å². The van der Waals surface area contributed by atoms with Crippen LogP contribution < -0.4 is 0 Å². The van der Waals surface area contributed by atoms with Crippen molar-refractivity contribution in [3.8, 4) is 0 Å². The average molecular weight is 274 g/mol. The Bertz CT molecular complexity index is 308. The summed E-state index contributed by atoms with van der Waals surface area (Å²) >= 11 is 0. The Labute approximate surface area is 113 Å². The molecular weight excluding hydrogens is 252 g/mol. The second kappa shape index (κ2) is 7.45. The molecule has 0 aromatic heterocycles. The molecule has 0 aliphatic heterocycles. The van der Waals surface area contributed by atoms with Crippen LogP contribution in [0.3, 0.4) is 0 Å². The lowest BCUT2D eigenvalue weighted by Crippen LogP contribution is -2.44. The summed E-state index contributed by atoms with van der Waals surface area (Å²) in [5.41, 5.74) is 0. The lowest BCUT2D eigenvalue weighted by molar-refractivity contribution is -0.308. The largest absolute Gasteiger partial charge is 0.460 e. The van der Waals surface area contributed by atoms with Crippen molar-refractivity contribution in [3.05, 3.63) is 0 Å². The van der Waals surface area contributed by atoms with Crippen molar-refractivity contribution in [1.82, 2.24) is 0 Å². The van der Waals surface area contributed by atoms with Gasteiger partial charge >= 0.3 is 11.9 Å². The van der Waals surface area contributed by atoms with Crippen LogP contribution in [-0.4, -0.2) is 37.7 Å². The molecule has 6 nitrogen and oxygen atoms in total. The van der Waals surface area contributed by atoms with Gasteiger partial charge in [0.25, 0.3) is 0 Å². The van der Waals surface area contributed by atoms with E-state index < -0.39 is 18.0 Å². The van der Waals surface area contributed by atoms with Crippen LogP contribution in [0.5, 0.6) is 0 Å². The molecule has 0 N–H and O–H groups in total. The molecule has 0 amide bonds. The third-order valence-corrected chi connectivity index (χ3v) is 2.98. The number of rotatable bonds is 6. The van der Waals surface area contributed by atoms with Gasteiger partial charge in [0, 0.05) is 33.8 Å². The number of carbonyl (C=O) groups is 2. The minimum Gasteiger partial charge on any atom is -0.460 e. The molecule has 1 fully saturated rings. The van der Waals surface area contributed by atoms with Gasteiger partial charge in [-0.25, -0.2) is 0 Å². The summed E-state index contributed by atoms with van der Waals surface area (Å²) in [6.07, 6.45) is 3.48. The molecule has 0 saturated heterocycles. The molecule has 6 heteroatoms. The maximum absolute atomic E-state index is 11.2. The Balaban J connectivity index is 2.63. The van der Waals surface area contributed by atoms with E-state index in [-0.39, 0.29) is 12.6 Å². The maximum atomic E-state index is 11.2. The predicted molar refractivity (Wildman–Crippen MR) is 66.1 cm³/mol. The molecule has 0 heterocycles. The number of hydrogen-bond donors (Lipinski definition) is 0. The molecule has 0 bridgehead atoms. The zero-order valence-electron chi connectivity index (χ0n) is 11.8. The highest BCUT2D eigenvalue weighted by molar-refractivity contribution is 5.66. The van der Waals surface area contributed by atoms with Gasteiger partial charge in [-0.15, -0.1) is 0 Å². The molecule has 1 aliphatic carbocycles. The quantitative estimate of drug-likeness (QED) is 0.543. The summed E-state index contributed by atoms with van der Waals surface area (Å²) in [7, 11) is 1.46. The first-order chi connectivity index (χ1) is 8.97. The van der Waals surface area contributed by atoms with E-state index in [2.05, 4.69) is 0 Å². The molecule has 0 spiro atoms. The van der Waals surface area contributed by atoms with Gasteiger partial charge in [0.15, 0.2) is 6.29 Å². The lowest BCUT2D eigenvalue weighted by atomic mass is 9.94. The van der Waals surface area contributed by atoms with Gasteiger partial charge in [-0.2, -0.15) is 0 Å². The fourth-order valence-corrected chi connectivity index (χ4v) is 2.17. The number of ether oxygens (including phenoxy) is 4. The lowest BCUT2D eigenvalue weighted by Gasteiger charge is -2.38. The van der Waals surface area contributed by atoms with Gasteiger partial charge in [-0.1, -0.05) is 6.42 Å². The smallest absolute Gasteiger partial charge is 0.305 e. The normalized spacial score (nSPS) is 19.5. The molecule has 0 aromatic rings. The molecule has 0 radical (unpaired) electrons. The van der Waals surface area contributed by atoms with E-state index >= 15 is 0 Å². The third kappa shape index (κ3) is 5.57. The van der Waals surface area contributed by atoms with Gasteiger partial charge in [0.1, 0.15) is 6.61 Å². The van der Waals surface area contributed by atoms with Gasteiger partial charge in [-0.3, -0.25) is 9.59 Å². The van der Waals surface area contributed by atoms with E-state index in [1.54, 1.807) is 0 Å². The Morgan fingerprint density at radius 2 is 1.74 bits per heavy atom. The minimum absolute atomic E-state index is 0.0190. The molecular formula is C13H22O6. The fraction of sp³-hybridized carbons (Fsp3) is 0.846. The van der Waals surface area contributed by atoms with Gasteiger partial charge in [0.05, 0.1) is 0 Å². The Morgan fingerprint density at radius 3 is 2.21 bits per heavy atom. The summed E-state index contributed by atoms with van der Waals surface area (Å²) < 4.78 is 21.1. The number of esters is 2. The van der Waals surface area contributed by atoms with Gasteiger partial charge < -0.3 is 18.9 Å². The Hall–Kier alpha value is -1.14. The fourth-order valence-electron chi connectivity index (χ4n) is 2.17. The topological polar surface area (TPSA) is 71.1 Å². The van der Waals surface area contributed by atoms with Crippen LogP contribution in [0.4, 0.5) is 0 Å². The highest BCUT2D eigenvalue weighted by Gasteiger charge is 2.39. The van der Waals surface area contributed by atoms with Crippen molar-refractivity contribution in [1.29, 1.82) is 0 Å². The van der Waals surface area contributed by atoms with Crippen molar-refractivity contribution in [2.24, 2.45) is 0 Å². The molecule has 1 unspecified atom stereocenters. The van der Waals surface area contributed by atoms with E-state index in [0.717, 1.165) is 19.3 Å². The SMILES string of the molecule is COC(COC(C)=O)OC1(OC(C)=O)CCCCC1. The zero-order chi connectivity index (χ0) is 14.3. The molecule has 1 saturated carbocycles. The number of carbonyl (C=O) groups excluding carboxylic acids is 2. The second-order valence-corrected chi connectivity index (χ2v) is 4.65. The van der Waals surface area contributed by atoms with Crippen molar-refractivity contribution in [2.75, 3.05) is 13.7 Å². The van der Waals surface area contributed by atoms with E-state index in [9.17, 15) is 9.59 Å². The van der Waals surface area contributed by atoms with Crippen molar-refractivity contribution < 1.29 is 28.5 Å². The molecule has 1 aliphatic rings. The highest BCUT2D eigenvalue weighted by Crippen LogP contribution is 2.34. The van der Waals surface area contributed by atoms with Gasteiger partial charge in [0.2, 0.25) is 5.79 Å².